The number of halogens is 1. The van der Waals surface area contributed by atoms with Crippen LogP contribution < -0.4 is 5.32 Å². The minimum Gasteiger partial charge on any atom is -0.481 e. The van der Waals surface area contributed by atoms with Crippen molar-refractivity contribution in [2.45, 2.75) is 19.8 Å². The molecule has 2 aromatic rings. The van der Waals surface area contributed by atoms with Crippen molar-refractivity contribution in [2.75, 3.05) is 19.8 Å². The van der Waals surface area contributed by atoms with E-state index in [1.165, 1.54) is 12.1 Å². The van der Waals surface area contributed by atoms with Gasteiger partial charge in [0.05, 0.1) is 22.2 Å². The van der Waals surface area contributed by atoms with Crippen LogP contribution in [0.25, 0.3) is 10.9 Å². The van der Waals surface area contributed by atoms with E-state index >= 15 is 0 Å². The summed E-state index contributed by atoms with van der Waals surface area (Å²) >= 11 is 0. The molecule has 1 aromatic carbocycles. The summed E-state index contributed by atoms with van der Waals surface area (Å²) in [6, 6.07) is 5.82. The molecule has 0 aliphatic carbocycles. The van der Waals surface area contributed by atoms with Crippen molar-refractivity contribution in [3.05, 3.63) is 41.3 Å². The second-order valence-corrected chi connectivity index (χ2v) is 6.34. The molecular formula is C18H19FN2O4. The molecule has 7 heteroatoms. The summed E-state index contributed by atoms with van der Waals surface area (Å²) < 4.78 is 18.5. The molecule has 1 fully saturated rings. The molecule has 1 aromatic heterocycles. The molecule has 1 saturated heterocycles. The molecule has 1 amide bonds. The van der Waals surface area contributed by atoms with Gasteiger partial charge in [-0.15, -0.1) is 0 Å². The third-order valence-corrected chi connectivity index (χ3v) is 4.71. The smallest absolute Gasteiger partial charge is 0.311 e. The number of aromatic nitrogens is 1. The highest BCUT2D eigenvalue weighted by Gasteiger charge is 2.40. The zero-order chi connectivity index (χ0) is 18.0. The summed E-state index contributed by atoms with van der Waals surface area (Å²) in [6.07, 6.45) is 0.716. The van der Waals surface area contributed by atoms with Crippen molar-refractivity contribution >= 4 is 22.8 Å². The summed E-state index contributed by atoms with van der Waals surface area (Å²) in [7, 11) is 0. The minimum atomic E-state index is -1.00. The Morgan fingerprint density at radius 1 is 1.32 bits per heavy atom. The molecule has 1 aliphatic rings. The molecule has 132 valence electrons. The number of aryl methyl sites for hydroxylation is 1. The number of hydrogen-bond donors (Lipinski definition) is 2. The number of hydrogen-bond acceptors (Lipinski definition) is 4. The molecule has 0 saturated carbocycles. The molecule has 1 aliphatic heterocycles. The Labute approximate surface area is 144 Å². The number of aliphatic carboxylic acids is 1. The molecule has 25 heavy (non-hydrogen) atoms. The van der Waals surface area contributed by atoms with Crippen molar-refractivity contribution in [3.63, 3.8) is 0 Å². The Morgan fingerprint density at radius 3 is 2.72 bits per heavy atom. The lowest BCUT2D eigenvalue weighted by Crippen LogP contribution is -2.46. The zero-order valence-electron chi connectivity index (χ0n) is 13.8. The quantitative estimate of drug-likeness (QED) is 0.887. The fourth-order valence-corrected chi connectivity index (χ4v) is 3.04. The number of fused-ring (bicyclic) bond motifs is 1. The third-order valence-electron chi connectivity index (χ3n) is 4.71. The summed E-state index contributed by atoms with van der Waals surface area (Å²) in [5.41, 5.74) is 0.286. The van der Waals surface area contributed by atoms with E-state index in [0.717, 1.165) is 0 Å². The molecule has 0 radical (unpaired) electrons. The van der Waals surface area contributed by atoms with E-state index in [1.807, 2.05) is 0 Å². The first-order valence-corrected chi connectivity index (χ1v) is 8.07. The Balaban J connectivity index is 1.81. The monoisotopic (exact) mass is 346 g/mol. The standard InChI is InChI=1S/C18H19FN2O4/c1-11-14(8-12-2-3-13(19)9-15(12)21-11)16(22)20-10-18(17(23)24)4-6-25-7-5-18/h2-3,8-9H,4-7,10H2,1H3,(H,20,22)(H,23,24). The maximum Gasteiger partial charge on any atom is 0.311 e. The fourth-order valence-electron chi connectivity index (χ4n) is 3.04. The van der Waals surface area contributed by atoms with Crippen LogP contribution in [0.1, 0.15) is 28.9 Å². The van der Waals surface area contributed by atoms with Crippen molar-refractivity contribution in [3.8, 4) is 0 Å². The van der Waals surface area contributed by atoms with Crippen LogP contribution in [0.2, 0.25) is 0 Å². The number of rotatable bonds is 4. The van der Waals surface area contributed by atoms with Crippen LogP contribution in [0.4, 0.5) is 4.39 Å². The van der Waals surface area contributed by atoms with Crippen LogP contribution in [0, 0.1) is 18.2 Å². The minimum absolute atomic E-state index is 0.0332. The lowest BCUT2D eigenvalue weighted by molar-refractivity contribution is -0.154. The van der Waals surface area contributed by atoms with Gasteiger partial charge in [-0.1, -0.05) is 0 Å². The molecule has 2 N–H and O–H groups in total. The van der Waals surface area contributed by atoms with Gasteiger partial charge >= 0.3 is 5.97 Å². The van der Waals surface area contributed by atoms with Gasteiger partial charge in [-0.25, -0.2) is 4.39 Å². The lowest BCUT2D eigenvalue weighted by Gasteiger charge is -2.33. The van der Waals surface area contributed by atoms with Crippen molar-refractivity contribution in [1.82, 2.24) is 10.3 Å². The van der Waals surface area contributed by atoms with Crippen LogP contribution in [0.5, 0.6) is 0 Å². The highest BCUT2D eigenvalue weighted by atomic mass is 19.1. The van der Waals surface area contributed by atoms with E-state index < -0.39 is 11.4 Å². The number of nitrogens with one attached hydrogen (secondary N) is 1. The van der Waals surface area contributed by atoms with Crippen molar-refractivity contribution < 1.29 is 23.8 Å². The fraction of sp³-hybridized carbons (Fsp3) is 0.389. The zero-order valence-corrected chi connectivity index (χ0v) is 13.8. The van der Waals surface area contributed by atoms with Gasteiger partial charge in [0, 0.05) is 31.2 Å². The first kappa shape index (κ1) is 17.3. The number of amides is 1. The Bertz CT molecular complexity index is 831. The molecule has 2 heterocycles. The first-order chi connectivity index (χ1) is 11.9. The van der Waals surface area contributed by atoms with Gasteiger partial charge in [0.1, 0.15) is 5.82 Å². The molecule has 3 rings (SSSR count). The van der Waals surface area contributed by atoms with E-state index in [1.54, 1.807) is 19.1 Å². The van der Waals surface area contributed by atoms with Crippen LogP contribution >= 0.6 is 0 Å². The van der Waals surface area contributed by atoms with E-state index in [9.17, 15) is 19.1 Å². The normalized spacial score (nSPS) is 16.6. The summed E-state index contributed by atoms with van der Waals surface area (Å²) in [6.45, 7) is 2.43. The Morgan fingerprint density at radius 2 is 2.04 bits per heavy atom. The van der Waals surface area contributed by atoms with Gasteiger partial charge in [-0.3, -0.25) is 14.6 Å². The molecule has 0 unspecified atom stereocenters. The number of carbonyl (C=O) groups is 2. The lowest BCUT2D eigenvalue weighted by atomic mass is 9.80. The number of nitrogens with zero attached hydrogens (tertiary/aromatic N) is 1. The summed E-state index contributed by atoms with van der Waals surface area (Å²) in [5.74, 6) is -1.71. The molecular weight excluding hydrogens is 327 g/mol. The number of carboxylic acid groups (broad SMARTS) is 1. The third kappa shape index (κ3) is 3.46. The predicted octanol–water partition coefficient (Wildman–Crippen LogP) is 2.29. The SMILES string of the molecule is Cc1nc2cc(F)ccc2cc1C(=O)NCC1(C(=O)O)CCOCC1. The van der Waals surface area contributed by atoms with Gasteiger partial charge in [-0.05, 0) is 38.0 Å². The maximum atomic E-state index is 13.3. The van der Waals surface area contributed by atoms with Crippen LogP contribution in [-0.2, 0) is 9.53 Å². The van der Waals surface area contributed by atoms with E-state index in [-0.39, 0.29) is 18.3 Å². The molecule has 0 spiro atoms. The molecule has 6 nitrogen and oxygen atoms in total. The highest BCUT2D eigenvalue weighted by Crippen LogP contribution is 2.30. The van der Waals surface area contributed by atoms with E-state index in [4.69, 9.17) is 4.74 Å². The van der Waals surface area contributed by atoms with Crippen molar-refractivity contribution in [2.24, 2.45) is 5.41 Å². The highest BCUT2D eigenvalue weighted by molar-refractivity contribution is 5.98. The average Bonchev–Trinajstić information content (AvgIpc) is 2.59. The predicted molar refractivity (Wildman–Crippen MR) is 88.9 cm³/mol. The Kier molecular flexibility index (Phi) is 4.67. The summed E-state index contributed by atoms with van der Waals surface area (Å²) in [5, 5.41) is 12.9. The average molecular weight is 346 g/mol. The van der Waals surface area contributed by atoms with Gasteiger partial charge < -0.3 is 15.2 Å². The number of pyridine rings is 1. The number of carbonyl (C=O) groups excluding carboxylic acids is 1. The van der Waals surface area contributed by atoms with E-state index in [0.29, 0.717) is 48.2 Å². The number of carboxylic acids is 1. The molecule has 0 bridgehead atoms. The second kappa shape index (κ2) is 6.76. The first-order valence-electron chi connectivity index (χ1n) is 8.07. The van der Waals surface area contributed by atoms with Gasteiger partial charge in [0.2, 0.25) is 0 Å². The van der Waals surface area contributed by atoms with Gasteiger partial charge in [0.15, 0.2) is 0 Å². The topological polar surface area (TPSA) is 88.5 Å². The number of benzene rings is 1. The largest absolute Gasteiger partial charge is 0.481 e. The second-order valence-electron chi connectivity index (χ2n) is 6.34. The van der Waals surface area contributed by atoms with Gasteiger partial charge in [-0.2, -0.15) is 0 Å². The van der Waals surface area contributed by atoms with E-state index in [2.05, 4.69) is 10.3 Å². The Hall–Kier alpha value is -2.54. The maximum absolute atomic E-state index is 13.3. The van der Waals surface area contributed by atoms with Gasteiger partial charge in [0.25, 0.3) is 5.91 Å². The van der Waals surface area contributed by atoms with Crippen LogP contribution in [-0.4, -0.2) is 41.7 Å². The number of ether oxygens (including phenoxy) is 1. The summed E-state index contributed by atoms with van der Waals surface area (Å²) in [4.78, 5) is 28.4. The molecule has 0 atom stereocenters. The van der Waals surface area contributed by atoms with Crippen molar-refractivity contribution in [1.29, 1.82) is 0 Å². The van der Waals surface area contributed by atoms with Crippen LogP contribution in [0.15, 0.2) is 24.3 Å². The van der Waals surface area contributed by atoms with Crippen LogP contribution in [0.3, 0.4) is 0 Å².